The molecule has 0 aliphatic heterocycles. The Kier molecular flexibility index (Phi) is 5.66. The molecule has 0 aliphatic rings. The standard InChI is InChI=1S/C22H19Cl2N5O3/c1-10(2)18-6-11(3)14-9-13(4-5-17(14)26-18)32-19-15(23)7-12(8-16(19)24)29-22(31)27-21(30)20(25)28-29/h4-10H,1-3H3,(H2,25,28)(H,27,30,31). The summed E-state index contributed by atoms with van der Waals surface area (Å²) in [5.74, 6) is 0.703. The van der Waals surface area contributed by atoms with Gasteiger partial charge in [-0.2, -0.15) is 4.68 Å². The second-order valence-corrected chi connectivity index (χ2v) is 8.41. The molecule has 2 aromatic carbocycles. The van der Waals surface area contributed by atoms with Crippen LogP contribution in [0.1, 0.15) is 31.0 Å². The highest BCUT2D eigenvalue weighted by Crippen LogP contribution is 2.39. The minimum Gasteiger partial charge on any atom is -0.454 e. The number of halogens is 2. The van der Waals surface area contributed by atoms with Gasteiger partial charge in [-0.15, -0.1) is 5.10 Å². The topological polar surface area (TPSA) is 116 Å². The number of nitrogens with one attached hydrogen (secondary N) is 1. The number of nitrogen functional groups attached to an aromatic ring is 1. The third-order valence-corrected chi connectivity index (χ3v) is 5.46. The van der Waals surface area contributed by atoms with Crippen molar-refractivity contribution in [2.75, 3.05) is 5.73 Å². The molecule has 0 aliphatic carbocycles. The molecule has 164 valence electrons. The fraction of sp³-hybridized carbons (Fsp3) is 0.182. The number of rotatable bonds is 4. The highest BCUT2D eigenvalue weighted by Gasteiger charge is 2.15. The summed E-state index contributed by atoms with van der Waals surface area (Å²) in [5, 5.41) is 5.03. The quantitative estimate of drug-likeness (QED) is 0.449. The number of nitrogens with two attached hydrogens (primary N) is 1. The van der Waals surface area contributed by atoms with E-state index in [9.17, 15) is 9.59 Å². The number of H-pyrrole nitrogens is 1. The van der Waals surface area contributed by atoms with Gasteiger partial charge in [0.1, 0.15) is 5.75 Å². The minimum absolute atomic E-state index is 0.149. The number of aromatic nitrogens is 4. The number of nitrogens with zero attached hydrogens (tertiary/aromatic N) is 3. The molecular weight excluding hydrogens is 453 g/mol. The molecule has 3 N–H and O–H groups in total. The van der Waals surface area contributed by atoms with E-state index in [1.54, 1.807) is 6.07 Å². The van der Waals surface area contributed by atoms with Gasteiger partial charge in [0.2, 0.25) is 5.82 Å². The summed E-state index contributed by atoms with van der Waals surface area (Å²) in [5.41, 5.74) is 7.16. The van der Waals surface area contributed by atoms with E-state index in [1.165, 1.54) is 12.1 Å². The zero-order valence-corrected chi connectivity index (χ0v) is 19.0. The number of hydrogen-bond acceptors (Lipinski definition) is 6. The van der Waals surface area contributed by atoms with Gasteiger partial charge in [0.15, 0.2) is 5.75 Å². The predicted octanol–water partition coefficient (Wildman–Crippen LogP) is 4.58. The first-order valence-corrected chi connectivity index (χ1v) is 10.5. The Balaban J connectivity index is 1.72. The van der Waals surface area contributed by atoms with Crippen molar-refractivity contribution < 1.29 is 4.74 Å². The number of aryl methyl sites for hydroxylation is 1. The van der Waals surface area contributed by atoms with Crippen LogP contribution < -0.4 is 21.7 Å². The van der Waals surface area contributed by atoms with Crippen molar-refractivity contribution in [1.29, 1.82) is 0 Å². The minimum atomic E-state index is -0.775. The van der Waals surface area contributed by atoms with Gasteiger partial charge >= 0.3 is 5.69 Å². The van der Waals surface area contributed by atoms with Crippen molar-refractivity contribution in [2.24, 2.45) is 0 Å². The lowest BCUT2D eigenvalue weighted by atomic mass is 10.0. The molecule has 0 fully saturated rings. The van der Waals surface area contributed by atoms with Crippen molar-refractivity contribution in [3.05, 3.63) is 78.5 Å². The molecule has 2 heterocycles. The third kappa shape index (κ3) is 4.06. The van der Waals surface area contributed by atoms with Crippen LogP contribution in [-0.4, -0.2) is 19.7 Å². The highest BCUT2D eigenvalue weighted by atomic mass is 35.5. The first kappa shape index (κ1) is 21.9. The fourth-order valence-corrected chi connectivity index (χ4v) is 3.78. The van der Waals surface area contributed by atoms with Crippen molar-refractivity contribution in [1.82, 2.24) is 19.7 Å². The van der Waals surface area contributed by atoms with Crippen LogP contribution in [0.25, 0.3) is 16.6 Å². The number of benzene rings is 2. The Labute approximate surface area is 192 Å². The summed E-state index contributed by atoms with van der Waals surface area (Å²) < 4.78 is 6.86. The van der Waals surface area contributed by atoms with E-state index in [1.807, 2.05) is 19.1 Å². The molecule has 32 heavy (non-hydrogen) atoms. The predicted molar refractivity (Wildman–Crippen MR) is 126 cm³/mol. The summed E-state index contributed by atoms with van der Waals surface area (Å²) in [7, 11) is 0. The Morgan fingerprint density at radius 3 is 2.44 bits per heavy atom. The second-order valence-electron chi connectivity index (χ2n) is 7.59. The molecule has 0 radical (unpaired) electrons. The maximum atomic E-state index is 12.1. The normalized spacial score (nSPS) is 11.3. The number of ether oxygens (including phenoxy) is 1. The highest BCUT2D eigenvalue weighted by molar-refractivity contribution is 6.37. The Hall–Kier alpha value is -3.36. The number of hydrogen-bond donors (Lipinski definition) is 2. The molecule has 0 spiro atoms. The maximum absolute atomic E-state index is 12.1. The van der Waals surface area contributed by atoms with E-state index in [2.05, 4.69) is 30.0 Å². The first-order valence-electron chi connectivity index (χ1n) is 9.71. The van der Waals surface area contributed by atoms with Crippen molar-refractivity contribution in [2.45, 2.75) is 26.7 Å². The van der Waals surface area contributed by atoms with Gasteiger partial charge in [-0.25, -0.2) is 4.79 Å². The molecule has 8 nitrogen and oxygen atoms in total. The average Bonchev–Trinajstić information content (AvgIpc) is 2.73. The van der Waals surface area contributed by atoms with Crippen LogP contribution in [0.3, 0.4) is 0 Å². The van der Waals surface area contributed by atoms with Gasteiger partial charge in [0.05, 0.1) is 21.2 Å². The SMILES string of the molecule is Cc1cc(C(C)C)nc2ccc(Oc3c(Cl)cc(-n4nc(N)c(=O)[nH]c4=O)cc3Cl)cc12. The van der Waals surface area contributed by atoms with Crippen molar-refractivity contribution in [3.63, 3.8) is 0 Å². The summed E-state index contributed by atoms with van der Waals surface area (Å²) in [4.78, 5) is 30.3. The lowest BCUT2D eigenvalue weighted by Crippen LogP contribution is -2.33. The van der Waals surface area contributed by atoms with Gasteiger partial charge in [0.25, 0.3) is 5.56 Å². The van der Waals surface area contributed by atoms with E-state index in [0.29, 0.717) is 11.7 Å². The lowest BCUT2D eigenvalue weighted by Gasteiger charge is -2.14. The van der Waals surface area contributed by atoms with Crippen molar-refractivity contribution >= 4 is 39.9 Å². The molecule has 0 saturated heterocycles. The smallest absolute Gasteiger partial charge is 0.349 e. The Morgan fingerprint density at radius 2 is 1.78 bits per heavy atom. The third-order valence-electron chi connectivity index (χ3n) is 4.90. The molecule has 0 saturated carbocycles. The molecule has 0 amide bonds. The zero-order valence-electron chi connectivity index (χ0n) is 17.4. The molecule has 0 bridgehead atoms. The van der Waals surface area contributed by atoms with Crippen LogP contribution in [0.4, 0.5) is 5.82 Å². The molecule has 0 atom stereocenters. The molecule has 2 aromatic heterocycles. The summed E-state index contributed by atoms with van der Waals surface area (Å²) in [6, 6.07) is 10.5. The number of fused-ring (bicyclic) bond motifs is 1. The van der Waals surface area contributed by atoms with E-state index in [4.69, 9.17) is 38.7 Å². The summed E-state index contributed by atoms with van der Waals surface area (Å²) in [6.07, 6.45) is 0. The van der Waals surface area contributed by atoms with Crippen LogP contribution in [0.5, 0.6) is 11.5 Å². The molecule has 0 unspecified atom stereocenters. The van der Waals surface area contributed by atoms with Crippen LogP contribution in [0, 0.1) is 6.92 Å². The molecule has 10 heteroatoms. The van der Waals surface area contributed by atoms with Gasteiger partial charge in [-0.1, -0.05) is 37.0 Å². The Morgan fingerprint density at radius 1 is 1.09 bits per heavy atom. The van der Waals surface area contributed by atoms with Gasteiger partial charge in [0, 0.05) is 11.1 Å². The molecule has 4 rings (SSSR count). The Bertz CT molecular complexity index is 1450. The molecular formula is C22H19Cl2N5O3. The van der Waals surface area contributed by atoms with Crippen LogP contribution in [0.2, 0.25) is 10.0 Å². The summed E-state index contributed by atoms with van der Waals surface area (Å²) >= 11 is 12.8. The zero-order chi connectivity index (χ0) is 23.2. The van der Waals surface area contributed by atoms with Crippen molar-refractivity contribution in [3.8, 4) is 17.2 Å². The molecule has 4 aromatic rings. The van der Waals surface area contributed by atoms with Gasteiger partial charge in [-0.05, 0) is 54.8 Å². The van der Waals surface area contributed by atoms with Crippen LogP contribution in [-0.2, 0) is 0 Å². The largest absolute Gasteiger partial charge is 0.454 e. The van der Waals surface area contributed by atoms with Gasteiger partial charge in [-0.3, -0.25) is 14.8 Å². The van der Waals surface area contributed by atoms with E-state index in [-0.39, 0.29) is 27.3 Å². The number of anilines is 1. The maximum Gasteiger partial charge on any atom is 0.349 e. The van der Waals surface area contributed by atoms with E-state index < -0.39 is 11.2 Å². The fourth-order valence-electron chi connectivity index (χ4n) is 3.23. The van der Waals surface area contributed by atoms with E-state index >= 15 is 0 Å². The second kappa shape index (κ2) is 8.29. The summed E-state index contributed by atoms with van der Waals surface area (Å²) in [6.45, 7) is 6.22. The average molecular weight is 472 g/mol. The van der Waals surface area contributed by atoms with Gasteiger partial charge < -0.3 is 10.5 Å². The number of aromatic amines is 1. The van der Waals surface area contributed by atoms with Crippen LogP contribution >= 0.6 is 23.2 Å². The van der Waals surface area contributed by atoms with Crippen LogP contribution in [0.15, 0.2) is 46.0 Å². The van der Waals surface area contributed by atoms with E-state index in [0.717, 1.165) is 26.8 Å². The number of pyridine rings is 1. The monoisotopic (exact) mass is 471 g/mol. The first-order chi connectivity index (χ1) is 15.1. The lowest BCUT2D eigenvalue weighted by molar-refractivity contribution is 0.483.